The number of aromatic nitrogens is 3. The van der Waals surface area contributed by atoms with Crippen LogP contribution in [0.5, 0.6) is 0 Å². The molecular weight excluding hydrogens is 398 g/mol. The molecule has 160 valence electrons. The summed E-state index contributed by atoms with van der Waals surface area (Å²) < 4.78 is 8.47. The van der Waals surface area contributed by atoms with E-state index < -0.39 is 5.92 Å². The smallest absolute Gasteiger partial charge is 0.346 e. The van der Waals surface area contributed by atoms with Crippen molar-refractivity contribution in [3.8, 4) is 11.6 Å². The van der Waals surface area contributed by atoms with Gasteiger partial charge in [-0.1, -0.05) is 18.2 Å². The molecule has 0 spiro atoms. The molecule has 1 aromatic carbocycles. The predicted molar refractivity (Wildman–Crippen MR) is 112 cm³/mol. The lowest BCUT2D eigenvalue weighted by Gasteiger charge is -2.16. The van der Waals surface area contributed by atoms with Gasteiger partial charge in [-0.05, 0) is 37.1 Å². The minimum Gasteiger partial charge on any atom is -0.461 e. The lowest BCUT2D eigenvalue weighted by molar-refractivity contribution is -0.126. The Morgan fingerprint density at radius 3 is 2.65 bits per heavy atom. The number of benzene rings is 1. The molecule has 1 aliphatic heterocycles. The van der Waals surface area contributed by atoms with Crippen LogP contribution in [-0.4, -0.2) is 39.3 Å². The molecule has 3 heterocycles. The summed E-state index contributed by atoms with van der Waals surface area (Å²) in [6.45, 7) is 0.864. The van der Waals surface area contributed by atoms with Crippen molar-refractivity contribution >= 4 is 17.5 Å². The zero-order chi connectivity index (χ0) is 21.4. The van der Waals surface area contributed by atoms with Crippen molar-refractivity contribution in [3.05, 3.63) is 59.2 Å². The number of rotatable bonds is 7. The van der Waals surface area contributed by atoms with Crippen molar-refractivity contribution in [1.29, 1.82) is 0 Å². The van der Waals surface area contributed by atoms with Gasteiger partial charge in [0.05, 0.1) is 18.7 Å². The minimum atomic E-state index is -0.410. The summed E-state index contributed by atoms with van der Waals surface area (Å²) >= 11 is 0. The van der Waals surface area contributed by atoms with Gasteiger partial charge < -0.3 is 14.6 Å². The first kappa shape index (κ1) is 19.3. The second-order valence-corrected chi connectivity index (χ2v) is 7.94. The molecule has 3 aromatic rings. The lowest BCUT2D eigenvalue weighted by Crippen LogP contribution is -2.36. The molecule has 9 nitrogen and oxygen atoms in total. The van der Waals surface area contributed by atoms with Crippen molar-refractivity contribution < 1.29 is 14.0 Å². The van der Waals surface area contributed by atoms with Crippen LogP contribution >= 0.6 is 0 Å². The molecule has 0 radical (unpaired) electrons. The van der Waals surface area contributed by atoms with Gasteiger partial charge in [0.1, 0.15) is 0 Å². The molecule has 9 heteroatoms. The fourth-order valence-corrected chi connectivity index (χ4v) is 3.97. The van der Waals surface area contributed by atoms with Crippen molar-refractivity contribution in [2.45, 2.75) is 31.8 Å². The van der Waals surface area contributed by atoms with Crippen LogP contribution in [0.3, 0.4) is 0 Å². The maximum absolute atomic E-state index is 12.8. The van der Waals surface area contributed by atoms with E-state index in [1.165, 1.54) is 4.68 Å². The van der Waals surface area contributed by atoms with E-state index in [1.54, 1.807) is 27.9 Å². The molecule has 2 aliphatic rings. The Bertz CT molecular complexity index is 1140. The normalized spacial score (nSPS) is 18.5. The van der Waals surface area contributed by atoms with Crippen LogP contribution < -0.4 is 15.9 Å². The number of carbonyl (C=O) groups excluding carboxylic acids is 2. The number of anilines is 1. The second kappa shape index (κ2) is 7.90. The molecule has 1 saturated carbocycles. The molecule has 1 unspecified atom stereocenters. The first-order valence-corrected chi connectivity index (χ1v) is 10.5. The van der Waals surface area contributed by atoms with Crippen LogP contribution in [0.1, 0.15) is 25.3 Å². The number of hydrogen-bond acceptors (Lipinski definition) is 5. The summed E-state index contributed by atoms with van der Waals surface area (Å²) in [6, 6.07) is 13.0. The maximum atomic E-state index is 12.8. The monoisotopic (exact) mass is 421 g/mol. The third-order valence-electron chi connectivity index (χ3n) is 5.71. The molecule has 2 aromatic heterocycles. The van der Waals surface area contributed by atoms with E-state index in [0.29, 0.717) is 18.1 Å². The summed E-state index contributed by atoms with van der Waals surface area (Å²) in [5.41, 5.74) is 0.597. The average molecular weight is 421 g/mol. The molecule has 1 aliphatic carbocycles. The van der Waals surface area contributed by atoms with Crippen molar-refractivity contribution in [2.75, 3.05) is 18.0 Å². The standard InChI is InChI=1S/C22H23N5O4/c28-19-13-15(14-25(19)16-5-2-1-3-6-16)21(29)23-10-11-26-22(30)27(17-8-9-17)20(24-26)18-7-4-12-31-18/h1-7,12,15,17H,8-11,13-14H2,(H,23,29). The Hall–Kier alpha value is -3.62. The van der Waals surface area contributed by atoms with Gasteiger partial charge in [-0.15, -0.1) is 5.10 Å². The Morgan fingerprint density at radius 2 is 1.94 bits per heavy atom. The number of hydrogen-bond donors (Lipinski definition) is 1. The number of nitrogens with one attached hydrogen (secondary N) is 1. The molecular formula is C22H23N5O4. The topological polar surface area (TPSA) is 102 Å². The van der Waals surface area contributed by atoms with Gasteiger partial charge in [0.25, 0.3) is 0 Å². The Labute approximate surface area is 178 Å². The quantitative estimate of drug-likeness (QED) is 0.627. The second-order valence-electron chi connectivity index (χ2n) is 7.94. The SMILES string of the molecule is O=C(NCCn1nc(-c2ccco2)n(C2CC2)c1=O)C1CC(=O)N(c2ccccc2)C1. The van der Waals surface area contributed by atoms with Gasteiger partial charge in [-0.3, -0.25) is 14.2 Å². The lowest BCUT2D eigenvalue weighted by atomic mass is 10.1. The van der Waals surface area contributed by atoms with E-state index in [-0.39, 0.29) is 43.1 Å². The van der Waals surface area contributed by atoms with E-state index in [1.807, 2.05) is 30.3 Å². The average Bonchev–Trinajstić information content (AvgIpc) is 3.18. The Kier molecular flexibility index (Phi) is 4.93. The molecule has 2 fully saturated rings. The summed E-state index contributed by atoms with van der Waals surface area (Å²) in [5, 5.41) is 7.28. The summed E-state index contributed by atoms with van der Waals surface area (Å²) in [6.07, 6.45) is 3.63. The first-order valence-electron chi connectivity index (χ1n) is 10.5. The molecule has 5 rings (SSSR count). The first-order chi connectivity index (χ1) is 15.1. The molecule has 31 heavy (non-hydrogen) atoms. The fourth-order valence-electron chi connectivity index (χ4n) is 3.97. The van der Waals surface area contributed by atoms with Gasteiger partial charge in [0.2, 0.25) is 17.6 Å². The van der Waals surface area contributed by atoms with E-state index in [0.717, 1.165) is 18.5 Å². The number of nitrogens with zero attached hydrogens (tertiary/aromatic N) is 4. The van der Waals surface area contributed by atoms with Crippen LogP contribution in [0.15, 0.2) is 57.9 Å². The van der Waals surface area contributed by atoms with Crippen LogP contribution in [0.4, 0.5) is 5.69 Å². The highest BCUT2D eigenvalue weighted by Crippen LogP contribution is 2.36. The van der Waals surface area contributed by atoms with Gasteiger partial charge in [-0.2, -0.15) is 0 Å². The molecule has 2 amide bonds. The van der Waals surface area contributed by atoms with E-state index in [2.05, 4.69) is 10.4 Å². The Balaban J connectivity index is 1.22. The third kappa shape index (κ3) is 3.78. The van der Waals surface area contributed by atoms with E-state index in [4.69, 9.17) is 4.42 Å². The summed E-state index contributed by atoms with van der Waals surface area (Å²) in [5.74, 6) is 0.412. The van der Waals surface area contributed by atoms with Gasteiger partial charge in [-0.25, -0.2) is 9.48 Å². The van der Waals surface area contributed by atoms with Crippen LogP contribution in [0, 0.1) is 5.92 Å². The van der Waals surface area contributed by atoms with Crippen LogP contribution in [0.2, 0.25) is 0 Å². The third-order valence-corrected chi connectivity index (χ3v) is 5.71. The maximum Gasteiger partial charge on any atom is 0.346 e. The highest BCUT2D eigenvalue weighted by atomic mass is 16.3. The number of para-hydroxylation sites is 1. The van der Waals surface area contributed by atoms with Gasteiger partial charge in [0.15, 0.2) is 5.76 Å². The number of carbonyl (C=O) groups is 2. The molecule has 1 atom stereocenters. The fraction of sp³-hybridized carbons (Fsp3) is 0.364. The van der Waals surface area contributed by atoms with Crippen molar-refractivity contribution in [1.82, 2.24) is 19.7 Å². The van der Waals surface area contributed by atoms with Crippen molar-refractivity contribution in [2.24, 2.45) is 5.92 Å². The highest BCUT2D eigenvalue weighted by molar-refractivity contribution is 6.00. The number of furan rings is 1. The van der Waals surface area contributed by atoms with Crippen molar-refractivity contribution in [3.63, 3.8) is 0 Å². The van der Waals surface area contributed by atoms with Gasteiger partial charge in [0, 0.05) is 31.2 Å². The Morgan fingerprint density at radius 1 is 1.13 bits per heavy atom. The molecule has 0 bridgehead atoms. The predicted octanol–water partition coefficient (Wildman–Crippen LogP) is 1.81. The van der Waals surface area contributed by atoms with Crippen LogP contribution in [-0.2, 0) is 16.1 Å². The van der Waals surface area contributed by atoms with E-state index in [9.17, 15) is 14.4 Å². The van der Waals surface area contributed by atoms with E-state index >= 15 is 0 Å². The zero-order valence-corrected chi connectivity index (χ0v) is 16.9. The number of amides is 2. The molecule has 1 N–H and O–H groups in total. The largest absolute Gasteiger partial charge is 0.461 e. The van der Waals surface area contributed by atoms with Gasteiger partial charge >= 0.3 is 5.69 Å². The summed E-state index contributed by atoms with van der Waals surface area (Å²) in [4.78, 5) is 39.4. The summed E-state index contributed by atoms with van der Waals surface area (Å²) in [7, 11) is 0. The zero-order valence-electron chi connectivity index (χ0n) is 16.9. The van der Waals surface area contributed by atoms with Crippen LogP contribution in [0.25, 0.3) is 11.6 Å². The highest BCUT2D eigenvalue weighted by Gasteiger charge is 2.35. The minimum absolute atomic E-state index is 0.0613. The molecule has 1 saturated heterocycles.